The Labute approximate surface area is 136 Å². The van der Waals surface area contributed by atoms with Crippen molar-refractivity contribution in [1.29, 1.82) is 0 Å². The molecule has 1 amide bonds. The van der Waals surface area contributed by atoms with Gasteiger partial charge in [0, 0.05) is 31.1 Å². The van der Waals surface area contributed by atoms with Crippen LogP contribution in [0.1, 0.15) is 23.3 Å². The number of likely N-dealkylation sites (tertiary alicyclic amines) is 1. The van der Waals surface area contributed by atoms with Crippen molar-refractivity contribution in [1.82, 2.24) is 20.0 Å². The smallest absolute Gasteiger partial charge is 0.272 e. The van der Waals surface area contributed by atoms with E-state index >= 15 is 0 Å². The van der Waals surface area contributed by atoms with Crippen molar-refractivity contribution in [3.63, 3.8) is 0 Å². The molecule has 0 unspecified atom stereocenters. The van der Waals surface area contributed by atoms with Gasteiger partial charge in [0.25, 0.3) is 5.91 Å². The number of piperidine rings is 1. The first-order valence-corrected chi connectivity index (χ1v) is 7.56. The number of halogens is 1. The third kappa shape index (κ3) is 2.29. The number of carbonyl (C=O) groups excluding carboxylic acids is 1. The summed E-state index contributed by atoms with van der Waals surface area (Å²) in [6.45, 7) is 1.10. The summed E-state index contributed by atoms with van der Waals surface area (Å²) in [5.41, 5.74) is 1.54. The number of benzene rings is 1. The fraction of sp³-hybridized carbons (Fsp3) is 0.500. The average molecular weight is 321 g/mol. The molecule has 1 aromatic heterocycles. The van der Waals surface area contributed by atoms with Gasteiger partial charge in [-0.1, -0.05) is 18.2 Å². The SMILES string of the molecule is CN1C[C@H]2C[C@@H]1C[C@H]2NC(=O)c1nn(C)c2ccccc12.Cl. The first-order chi connectivity index (χ1) is 10.1. The normalized spacial score (nSPS) is 27.1. The minimum atomic E-state index is -0.0352. The predicted molar refractivity (Wildman–Crippen MR) is 88.4 cm³/mol. The van der Waals surface area contributed by atoms with Gasteiger partial charge in [0.15, 0.2) is 5.69 Å². The Balaban J connectivity index is 0.00000144. The number of hydrogen-bond donors (Lipinski definition) is 1. The zero-order valence-electron chi connectivity index (χ0n) is 12.8. The lowest BCUT2D eigenvalue weighted by Gasteiger charge is -2.28. The summed E-state index contributed by atoms with van der Waals surface area (Å²) in [6.07, 6.45) is 2.28. The van der Waals surface area contributed by atoms with Crippen molar-refractivity contribution < 1.29 is 4.79 Å². The van der Waals surface area contributed by atoms with E-state index in [4.69, 9.17) is 0 Å². The molecule has 0 spiro atoms. The number of rotatable bonds is 2. The molecular weight excluding hydrogens is 300 g/mol. The molecular formula is C16H21ClN4O. The second-order valence-corrected chi connectivity index (χ2v) is 6.39. The average Bonchev–Trinajstić information content (AvgIpc) is 3.12. The Morgan fingerprint density at radius 3 is 2.73 bits per heavy atom. The van der Waals surface area contributed by atoms with E-state index in [2.05, 4.69) is 22.4 Å². The minimum Gasteiger partial charge on any atom is -0.348 e. The molecule has 1 aromatic carbocycles. The van der Waals surface area contributed by atoms with Crippen LogP contribution in [0.2, 0.25) is 0 Å². The van der Waals surface area contributed by atoms with Crippen molar-refractivity contribution in [2.75, 3.05) is 13.6 Å². The van der Waals surface area contributed by atoms with Crippen LogP contribution in [0.5, 0.6) is 0 Å². The second kappa shape index (κ2) is 5.56. The van der Waals surface area contributed by atoms with Crippen LogP contribution in [0.3, 0.4) is 0 Å². The highest BCUT2D eigenvalue weighted by atomic mass is 35.5. The van der Waals surface area contributed by atoms with Crippen LogP contribution in [0, 0.1) is 5.92 Å². The number of aryl methyl sites for hydroxylation is 1. The molecule has 1 N–H and O–H groups in total. The Morgan fingerprint density at radius 1 is 1.27 bits per heavy atom. The largest absolute Gasteiger partial charge is 0.348 e. The van der Waals surface area contributed by atoms with Crippen LogP contribution in [0.15, 0.2) is 24.3 Å². The molecule has 2 fully saturated rings. The number of fused-ring (bicyclic) bond motifs is 3. The van der Waals surface area contributed by atoms with Crippen LogP contribution < -0.4 is 5.32 Å². The van der Waals surface area contributed by atoms with Gasteiger partial charge >= 0.3 is 0 Å². The fourth-order valence-electron chi connectivity index (χ4n) is 3.97. The lowest BCUT2D eigenvalue weighted by Crippen LogP contribution is -2.44. The quantitative estimate of drug-likeness (QED) is 0.918. The number of carbonyl (C=O) groups is 1. The van der Waals surface area contributed by atoms with Crippen molar-refractivity contribution in [3.8, 4) is 0 Å². The maximum absolute atomic E-state index is 12.6. The van der Waals surface area contributed by atoms with E-state index in [0.29, 0.717) is 23.7 Å². The number of nitrogens with one attached hydrogen (secondary N) is 1. The molecule has 4 rings (SSSR count). The van der Waals surface area contributed by atoms with Crippen LogP contribution in [0.25, 0.3) is 10.9 Å². The van der Waals surface area contributed by atoms with Crippen LogP contribution in [0.4, 0.5) is 0 Å². The van der Waals surface area contributed by atoms with Gasteiger partial charge < -0.3 is 10.2 Å². The predicted octanol–water partition coefficient (Wildman–Crippen LogP) is 1.82. The summed E-state index contributed by atoms with van der Waals surface area (Å²) >= 11 is 0. The van der Waals surface area contributed by atoms with Crippen molar-refractivity contribution in [2.45, 2.75) is 24.9 Å². The van der Waals surface area contributed by atoms with E-state index in [1.54, 1.807) is 4.68 Å². The van der Waals surface area contributed by atoms with Gasteiger partial charge in [-0.05, 0) is 31.9 Å². The first-order valence-electron chi connectivity index (χ1n) is 7.56. The Bertz CT molecular complexity index is 711. The van der Waals surface area contributed by atoms with Gasteiger partial charge in [-0.3, -0.25) is 9.48 Å². The number of para-hydroxylation sites is 1. The van der Waals surface area contributed by atoms with Gasteiger partial charge in [-0.15, -0.1) is 12.4 Å². The molecule has 2 bridgehead atoms. The van der Waals surface area contributed by atoms with Crippen LogP contribution >= 0.6 is 12.4 Å². The lowest BCUT2D eigenvalue weighted by molar-refractivity contribution is 0.0908. The molecule has 1 saturated carbocycles. The van der Waals surface area contributed by atoms with E-state index in [1.165, 1.54) is 6.42 Å². The molecule has 5 nitrogen and oxygen atoms in total. The van der Waals surface area contributed by atoms with E-state index in [1.807, 2.05) is 31.3 Å². The molecule has 0 radical (unpaired) electrons. The summed E-state index contributed by atoms with van der Waals surface area (Å²) in [6, 6.07) is 8.82. The molecule has 1 aliphatic heterocycles. The summed E-state index contributed by atoms with van der Waals surface area (Å²) in [5.74, 6) is 0.561. The molecule has 22 heavy (non-hydrogen) atoms. The molecule has 1 saturated heterocycles. The molecule has 6 heteroatoms. The molecule has 2 heterocycles. The van der Waals surface area contributed by atoms with Gasteiger partial charge in [-0.2, -0.15) is 5.10 Å². The van der Waals surface area contributed by atoms with Gasteiger partial charge in [0.1, 0.15) is 0 Å². The van der Waals surface area contributed by atoms with Crippen LogP contribution in [-0.4, -0.2) is 46.3 Å². The highest BCUT2D eigenvalue weighted by Gasteiger charge is 2.43. The second-order valence-electron chi connectivity index (χ2n) is 6.39. The van der Waals surface area contributed by atoms with Gasteiger partial charge in [-0.25, -0.2) is 0 Å². The maximum atomic E-state index is 12.6. The van der Waals surface area contributed by atoms with Crippen molar-refractivity contribution in [3.05, 3.63) is 30.0 Å². The first kappa shape index (κ1) is 15.3. The Morgan fingerprint density at radius 2 is 2.05 bits per heavy atom. The number of amides is 1. The Hall–Kier alpha value is -1.59. The number of hydrogen-bond acceptors (Lipinski definition) is 3. The summed E-state index contributed by atoms with van der Waals surface area (Å²) in [5, 5.41) is 8.54. The van der Waals surface area contributed by atoms with Gasteiger partial charge in [0.05, 0.1) is 5.52 Å². The molecule has 2 aromatic rings. The van der Waals surface area contributed by atoms with E-state index in [0.717, 1.165) is 23.9 Å². The zero-order chi connectivity index (χ0) is 14.6. The monoisotopic (exact) mass is 320 g/mol. The number of aromatic nitrogens is 2. The standard InChI is InChI=1S/C16H20N4O.ClH/c1-19-9-10-7-11(19)8-13(10)17-16(21)15-12-5-3-4-6-14(12)20(2)18-15;/h3-6,10-11,13H,7-9H2,1-2H3,(H,17,21);1H/t10-,11-,13-;/m1./s1. The number of nitrogens with zero attached hydrogens (tertiary/aromatic N) is 3. The minimum absolute atomic E-state index is 0. The van der Waals surface area contributed by atoms with Crippen LogP contribution in [-0.2, 0) is 7.05 Å². The summed E-state index contributed by atoms with van der Waals surface area (Å²) < 4.78 is 1.78. The fourth-order valence-corrected chi connectivity index (χ4v) is 3.97. The van der Waals surface area contributed by atoms with E-state index in [-0.39, 0.29) is 18.3 Å². The summed E-state index contributed by atoms with van der Waals surface area (Å²) in [7, 11) is 4.06. The molecule has 118 valence electrons. The summed E-state index contributed by atoms with van der Waals surface area (Å²) in [4.78, 5) is 15.0. The van der Waals surface area contributed by atoms with Crippen molar-refractivity contribution >= 4 is 29.2 Å². The highest BCUT2D eigenvalue weighted by Crippen LogP contribution is 2.36. The van der Waals surface area contributed by atoms with E-state index in [9.17, 15) is 4.79 Å². The zero-order valence-corrected chi connectivity index (χ0v) is 13.6. The highest BCUT2D eigenvalue weighted by molar-refractivity contribution is 6.04. The van der Waals surface area contributed by atoms with Gasteiger partial charge in [0.2, 0.25) is 0 Å². The lowest BCUT2D eigenvalue weighted by atomic mass is 10.0. The molecule has 3 atom stereocenters. The third-order valence-corrected chi connectivity index (χ3v) is 5.11. The third-order valence-electron chi connectivity index (χ3n) is 5.11. The molecule has 1 aliphatic carbocycles. The Kier molecular flexibility index (Phi) is 3.87. The maximum Gasteiger partial charge on any atom is 0.272 e. The van der Waals surface area contributed by atoms with E-state index < -0.39 is 0 Å². The topological polar surface area (TPSA) is 50.2 Å². The molecule has 2 aliphatic rings. The van der Waals surface area contributed by atoms with Crippen molar-refractivity contribution in [2.24, 2.45) is 13.0 Å².